The molecule has 1 N–H and O–H groups in total. The molecule has 1 unspecified atom stereocenters. The maximum atomic E-state index is 11.6. The van der Waals surface area contributed by atoms with Crippen LogP contribution in [0.4, 0.5) is 0 Å². The van der Waals surface area contributed by atoms with E-state index in [1.165, 1.54) is 11.3 Å². The van der Waals surface area contributed by atoms with Gasteiger partial charge in [-0.25, -0.2) is 0 Å². The van der Waals surface area contributed by atoms with Gasteiger partial charge in [0.2, 0.25) is 0 Å². The lowest BCUT2D eigenvalue weighted by Gasteiger charge is -2.04. The molecule has 0 saturated heterocycles. The van der Waals surface area contributed by atoms with E-state index in [0.29, 0.717) is 11.4 Å². The van der Waals surface area contributed by atoms with Crippen LogP contribution in [0.15, 0.2) is 11.4 Å². The Balaban J connectivity index is 2.29. The Morgan fingerprint density at radius 3 is 3.00 bits per heavy atom. The maximum Gasteiger partial charge on any atom is 0.261 e. The zero-order chi connectivity index (χ0) is 12.0. The molecule has 0 aromatic carbocycles. The highest BCUT2D eigenvalue weighted by molar-refractivity contribution is 7.12. The monoisotopic (exact) mass is 261 g/mol. The van der Waals surface area contributed by atoms with E-state index < -0.39 is 0 Å². The van der Waals surface area contributed by atoms with E-state index in [2.05, 4.69) is 5.32 Å². The normalized spacial score (nSPS) is 12.2. The van der Waals surface area contributed by atoms with Gasteiger partial charge in [-0.2, -0.15) is 0 Å². The van der Waals surface area contributed by atoms with E-state index in [1.54, 1.807) is 13.2 Å². The van der Waals surface area contributed by atoms with Crippen LogP contribution in [0, 0.1) is 0 Å². The summed E-state index contributed by atoms with van der Waals surface area (Å²) in [5.41, 5.74) is 0. The standard InChI is InChI=1S/C11H16ClNO2S/c1-8(12)4-3-5-13-11(14)10-6-9(15-2)7-16-10/h6-8H,3-5H2,1-2H3,(H,13,14). The summed E-state index contributed by atoms with van der Waals surface area (Å²) >= 11 is 7.19. The Labute approximate surface area is 105 Å². The minimum atomic E-state index is -0.0458. The van der Waals surface area contributed by atoms with Crippen molar-refractivity contribution in [1.82, 2.24) is 5.32 Å². The summed E-state index contributed by atoms with van der Waals surface area (Å²) in [7, 11) is 1.59. The molecule has 5 heteroatoms. The molecule has 16 heavy (non-hydrogen) atoms. The van der Waals surface area contributed by atoms with E-state index in [4.69, 9.17) is 16.3 Å². The van der Waals surface area contributed by atoms with Gasteiger partial charge in [-0.05, 0) is 19.8 Å². The zero-order valence-corrected chi connectivity index (χ0v) is 11.0. The second kappa shape index (κ2) is 6.76. The number of ether oxygens (including phenoxy) is 1. The molecule has 1 aromatic rings. The molecular weight excluding hydrogens is 246 g/mol. The first-order valence-corrected chi connectivity index (χ1v) is 6.50. The van der Waals surface area contributed by atoms with E-state index in [9.17, 15) is 4.79 Å². The third kappa shape index (κ3) is 4.41. The van der Waals surface area contributed by atoms with Crippen LogP contribution in [-0.4, -0.2) is 24.9 Å². The molecule has 90 valence electrons. The molecule has 3 nitrogen and oxygen atoms in total. The van der Waals surface area contributed by atoms with Gasteiger partial charge >= 0.3 is 0 Å². The summed E-state index contributed by atoms with van der Waals surface area (Å²) in [6.07, 6.45) is 1.81. The van der Waals surface area contributed by atoms with Crippen molar-refractivity contribution in [2.45, 2.75) is 25.1 Å². The van der Waals surface area contributed by atoms with Crippen molar-refractivity contribution in [2.24, 2.45) is 0 Å². The molecule has 0 spiro atoms. The number of amides is 1. The highest BCUT2D eigenvalue weighted by atomic mass is 35.5. The van der Waals surface area contributed by atoms with Gasteiger partial charge in [0.25, 0.3) is 5.91 Å². The Bertz CT molecular complexity index is 338. The van der Waals surface area contributed by atoms with E-state index in [-0.39, 0.29) is 11.3 Å². The lowest BCUT2D eigenvalue weighted by molar-refractivity contribution is 0.0957. The summed E-state index contributed by atoms with van der Waals surface area (Å²) in [5, 5.41) is 4.83. The molecular formula is C11H16ClNO2S. The molecule has 1 amide bonds. The Kier molecular flexibility index (Phi) is 5.63. The highest BCUT2D eigenvalue weighted by Crippen LogP contribution is 2.20. The molecule has 0 radical (unpaired) electrons. The van der Waals surface area contributed by atoms with Crippen LogP contribution in [0.3, 0.4) is 0 Å². The van der Waals surface area contributed by atoms with Crippen molar-refractivity contribution in [2.75, 3.05) is 13.7 Å². The Hall–Kier alpha value is -0.740. The number of halogens is 1. The van der Waals surface area contributed by atoms with E-state index >= 15 is 0 Å². The molecule has 0 aliphatic rings. The minimum Gasteiger partial charge on any atom is -0.496 e. The molecule has 0 saturated carbocycles. The van der Waals surface area contributed by atoms with E-state index in [1.807, 2.05) is 12.3 Å². The van der Waals surface area contributed by atoms with Crippen LogP contribution in [0.25, 0.3) is 0 Å². The van der Waals surface area contributed by atoms with Crippen LogP contribution in [0.1, 0.15) is 29.4 Å². The van der Waals surface area contributed by atoms with Gasteiger partial charge in [-0.1, -0.05) is 0 Å². The number of hydrogen-bond donors (Lipinski definition) is 1. The van der Waals surface area contributed by atoms with Gasteiger partial charge in [-0.15, -0.1) is 22.9 Å². The lowest BCUT2D eigenvalue weighted by atomic mass is 10.2. The molecule has 1 heterocycles. The van der Waals surface area contributed by atoms with Gasteiger partial charge in [0, 0.05) is 23.4 Å². The lowest BCUT2D eigenvalue weighted by Crippen LogP contribution is -2.23. The molecule has 0 fully saturated rings. The second-order valence-corrected chi connectivity index (χ2v) is 5.19. The number of carbonyl (C=O) groups is 1. The number of alkyl halides is 1. The third-order valence-electron chi connectivity index (χ3n) is 2.10. The van der Waals surface area contributed by atoms with Gasteiger partial charge in [0.15, 0.2) is 0 Å². The fourth-order valence-electron chi connectivity index (χ4n) is 1.22. The fraction of sp³-hybridized carbons (Fsp3) is 0.545. The van der Waals surface area contributed by atoms with Crippen molar-refractivity contribution in [1.29, 1.82) is 0 Å². The van der Waals surface area contributed by atoms with Crippen LogP contribution < -0.4 is 10.1 Å². The largest absolute Gasteiger partial charge is 0.496 e. The predicted octanol–water partition coefficient (Wildman–Crippen LogP) is 2.89. The summed E-state index contributed by atoms with van der Waals surface area (Å²) < 4.78 is 5.02. The van der Waals surface area contributed by atoms with Gasteiger partial charge < -0.3 is 10.1 Å². The summed E-state index contributed by atoms with van der Waals surface area (Å²) in [6, 6.07) is 1.74. The van der Waals surface area contributed by atoms with Crippen molar-refractivity contribution in [3.8, 4) is 5.75 Å². The highest BCUT2D eigenvalue weighted by Gasteiger charge is 2.08. The molecule has 0 aliphatic heterocycles. The Morgan fingerprint density at radius 1 is 1.69 bits per heavy atom. The molecule has 0 aliphatic carbocycles. The first kappa shape index (κ1) is 13.3. The number of rotatable bonds is 6. The number of hydrogen-bond acceptors (Lipinski definition) is 3. The zero-order valence-electron chi connectivity index (χ0n) is 9.46. The van der Waals surface area contributed by atoms with Crippen LogP contribution in [-0.2, 0) is 0 Å². The van der Waals surface area contributed by atoms with Crippen molar-refractivity contribution >= 4 is 28.8 Å². The number of thiophene rings is 1. The fourth-order valence-corrected chi connectivity index (χ4v) is 2.14. The molecule has 1 rings (SSSR count). The number of carbonyl (C=O) groups excluding carboxylic acids is 1. The van der Waals surface area contributed by atoms with Gasteiger partial charge in [0.1, 0.15) is 5.75 Å². The van der Waals surface area contributed by atoms with Crippen molar-refractivity contribution in [3.63, 3.8) is 0 Å². The average molecular weight is 262 g/mol. The quantitative estimate of drug-likeness (QED) is 0.632. The second-order valence-electron chi connectivity index (χ2n) is 3.53. The SMILES string of the molecule is COc1csc(C(=O)NCCCC(C)Cl)c1. The molecule has 1 atom stereocenters. The first-order chi connectivity index (χ1) is 7.63. The summed E-state index contributed by atoms with van der Waals surface area (Å²) in [4.78, 5) is 12.3. The topological polar surface area (TPSA) is 38.3 Å². The van der Waals surface area contributed by atoms with Crippen molar-refractivity contribution < 1.29 is 9.53 Å². The molecule has 0 bridgehead atoms. The van der Waals surface area contributed by atoms with Crippen molar-refractivity contribution in [3.05, 3.63) is 16.3 Å². The van der Waals surface area contributed by atoms with Gasteiger partial charge in [-0.3, -0.25) is 4.79 Å². The number of nitrogens with one attached hydrogen (secondary N) is 1. The van der Waals surface area contributed by atoms with E-state index in [0.717, 1.165) is 18.6 Å². The predicted molar refractivity (Wildman–Crippen MR) is 67.8 cm³/mol. The smallest absolute Gasteiger partial charge is 0.261 e. The third-order valence-corrected chi connectivity index (χ3v) is 3.22. The molecule has 1 aromatic heterocycles. The van der Waals surface area contributed by atoms with Crippen LogP contribution >= 0.6 is 22.9 Å². The summed E-state index contributed by atoms with van der Waals surface area (Å²) in [5.74, 6) is 0.681. The first-order valence-electron chi connectivity index (χ1n) is 5.18. The van der Waals surface area contributed by atoms with Crippen LogP contribution in [0.5, 0.6) is 5.75 Å². The Morgan fingerprint density at radius 2 is 2.44 bits per heavy atom. The minimum absolute atomic E-state index is 0.0458. The maximum absolute atomic E-state index is 11.6. The van der Waals surface area contributed by atoms with Gasteiger partial charge in [0.05, 0.1) is 12.0 Å². The summed E-state index contributed by atoms with van der Waals surface area (Å²) in [6.45, 7) is 2.61. The average Bonchev–Trinajstić information content (AvgIpc) is 2.72. The van der Waals surface area contributed by atoms with Crippen LogP contribution in [0.2, 0.25) is 0 Å². The number of methoxy groups -OCH3 is 1.